The molecule has 0 aromatic carbocycles. The molecule has 4 nitrogen and oxygen atoms in total. The largest absolute Gasteiger partial charge is 0.477 e. The van der Waals surface area contributed by atoms with Gasteiger partial charge in [0.25, 0.3) is 0 Å². The number of pyridine rings is 1. The van der Waals surface area contributed by atoms with E-state index < -0.39 is 5.97 Å². The van der Waals surface area contributed by atoms with Gasteiger partial charge in [-0.1, -0.05) is 25.3 Å². The number of nitrogens with zero attached hydrogens (tertiary/aromatic N) is 1. The van der Waals surface area contributed by atoms with Gasteiger partial charge in [0.05, 0.1) is 13.7 Å². The van der Waals surface area contributed by atoms with Crippen molar-refractivity contribution in [1.29, 1.82) is 0 Å². The molecule has 1 aromatic heterocycles. The van der Waals surface area contributed by atoms with Crippen LogP contribution in [0.3, 0.4) is 0 Å². The lowest BCUT2D eigenvalue weighted by Crippen LogP contribution is -2.16. The Morgan fingerprint density at radius 3 is 2.83 bits per heavy atom. The molecule has 1 aliphatic rings. The first-order valence-corrected chi connectivity index (χ1v) is 6.48. The van der Waals surface area contributed by atoms with Crippen LogP contribution in [0.4, 0.5) is 0 Å². The van der Waals surface area contributed by atoms with Gasteiger partial charge in [-0.2, -0.15) is 0 Å². The third-order valence-electron chi connectivity index (χ3n) is 3.31. The zero-order chi connectivity index (χ0) is 12.8. The predicted octanol–water partition coefficient (Wildman–Crippen LogP) is 2.83. The molecule has 1 saturated carbocycles. The van der Waals surface area contributed by atoms with Crippen LogP contribution in [0.15, 0.2) is 18.2 Å². The van der Waals surface area contributed by atoms with E-state index in [9.17, 15) is 4.79 Å². The van der Waals surface area contributed by atoms with Gasteiger partial charge in [-0.25, -0.2) is 9.78 Å². The van der Waals surface area contributed by atoms with Crippen molar-refractivity contribution in [2.75, 3.05) is 13.7 Å². The molecule has 4 heteroatoms. The standard InChI is InChI=1S/C14H19NO3/c1-17-14(16)12-8-5-9-13(15-12)18-10-11-6-3-2-4-7-11/h5,8-9,11H,2-4,6-7,10H2,1H3. The van der Waals surface area contributed by atoms with Gasteiger partial charge < -0.3 is 9.47 Å². The molecule has 98 valence electrons. The second-order valence-corrected chi connectivity index (χ2v) is 4.67. The monoisotopic (exact) mass is 249 g/mol. The summed E-state index contributed by atoms with van der Waals surface area (Å²) in [7, 11) is 1.35. The highest BCUT2D eigenvalue weighted by atomic mass is 16.5. The lowest BCUT2D eigenvalue weighted by molar-refractivity contribution is 0.0592. The molecule has 0 spiro atoms. The average molecular weight is 249 g/mol. The van der Waals surface area contributed by atoms with Crippen molar-refractivity contribution in [2.24, 2.45) is 5.92 Å². The van der Waals surface area contributed by atoms with Crippen molar-refractivity contribution in [1.82, 2.24) is 4.98 Å². The number of hydrogen-bond acceptors (Lipinski definition) is 4. The van der Waals surface area contributed by atoms with Crippen molar-refractivity contribution >= 4 is 5.97 Å². The fourth-order valence-corrected chi connectivity index (χ4v) is 2.27. The van der Waals surface area contributed by atoms with Crippen molar-refractivity contribution in [2.45, 2.75) is 32.1 Å². The molecular formula is C14H19NO3. The summed E-state index contributed by atoms with van der Waals surface area (Å²) in [4.78, 5) is 15.5. The van der Waals surface area contributed by atoms with Crippen LogP contribution in [0.25, 0.3) is 0 Å². The Kier molecular flexibility index (Phi) is 4.56. The van der Waals surface area contributed by atoms with E-state index in [1.165, 1.54) is 39.2 Å². The number of aromatic nitrogens is 1. The summed E-state index contributed by atoms with van der Waals surface area (Å²) < 4.78 is 10.3. The zero-order valence-electron chi connectivity index (χ0n) is 10.7. The number of ether oxygens (including phenoxy) is 2. The molecule has 18 heavy (non-hydrogen) atoms. The van der Waals surface area contributed by atoms with Crippen molar-refractivity contribution in [3.05, 3.63) is 23.9 Å². The molecule has 1 fully saturated rings. The van der Waals surface area contributed by atoms with Crippen molar-refractivity contribution < 1.29 is 14.3 Å². The molecule has 0 amide bonds. The number of methoxy groups -OCH3 is 1. The minimum absolute atomic E-state index is 0.290. The average Bonchev–Trinajstić information content (AvgIpc) is 2.45. The molecule has 0 radical (unpaired) electrons. The normalized spacial score (nSPS) is 16.3. The summed E-state index contributed by atoms with van der Waals surface area (Å²) in [6.07, 6.45) is 6.40. The number of carbonyl (C=O) groups is 1. The summed E-state index contributed by atoms with van der Waals surface area (Å²) in [5.41, 5.74) is 0.290. The Labute approximate surface area is 107 Å². The highest BCUT2D eigenvalue weighted by Crippen LogP contribution is 2.24. The first kappa shape index (κ1) is 12.9. The van der Waals surface area contributed by atoms with E-state index in [1.54, 1.807) is 18.2 Å². The lowest BCUT2D eigenvalue weighted by Gasteiger charge is -2.21. The number of hydrogen-bond donors (Lipinski definition) is 0. The fourth-order valence-electron chi connectivity index (χ4n) is 2.27. The second-order valence-electron chi connectivity index (χ2n) is 4.67. The SMILES string of the molecule is COC(=O)c1cccc(OCC2CCCCC2)n1. The van der Waals surface area contributed by atoms with E-state index in [4.69, 9.17) is 4.74 Å². The fraction of sp³-hybridized carbons (Fsp3) is 0.571. The molecule has 0 bridgehead atoms. The van der Waals surface area contributed by atoms with E-state index in [0.717, 1.165) is 0 Å². The first-order chi connectivity index (χ1) is 8.79. The zero-order valence-corrected chi connectivity index (χ0v) is 10.7. The van der Waals surface area contributed by atoms with Crippen LogP contribution in [-0.4, -0.2) is 24.7 Å². The topological polar surface area (TPSA) is 48.4 Å². The lowest BCUT2D eigenvalue weighted by atomic mass is 9.90. The van der Waals surface area contributed by atoms with Gasteiger partial charge in [-0.3, -0.25) is 0 Å². The van der Waals surface area contributed by atoms with Crippen LogP contribution >= 0.6 is 0 Å². The molecule has 1 aromatic rings. The quantitative estimate of drug-likeness (QED) is 0.770. The Hall–Kier alpha value is -1.58. The number of carbonyl (C=O) groups excluding carboxylic acids is 1. The second kappa shape index (κ2) is 6.38. The smallest absolute Gasteiger partial charge is 0.356 e. The van der Waals surface area contributed by atoms with E-state index in [2.05, 4.69) is 9.72 Å². The minimum atomic E-state index is -0.432. The van der Waals surface area contributed by atoms with Gasteiger partial charge in [0.15, 0.2) is 5.69 Å². The summed E-state index contributed by atoms with van der Waals surface area (Å²) in [5.74, 6) is 0.698. The van der Waals surface area contributed by atoms with E-state index in [0.29, 0.717) is 24.1 Å². The Bertz CT molecular complexity index is 400. The van der Waals surface area contributed by atoms with Crippen LogP contribution in [0, 0.1) is 5.92 Å². The molecule has 0 atom stereocenters. The molecule has 1 aliphatic carbocycles. The molecule has 1 heterocycles. The minimum Gasteiger partial charge on any atom is -0.477 e. The van der Waals surface area contributed by atoms with Gasteiger partial charge in [0.1, 0.15) is 0 Å². The van der Waals surface area contributed by atoms with Crippen LogP contribution in [0.5, 0.6) is 5.88 Å². The molecule has 0 N–H and O–H groups in total. The van der Waals surface area contributed by atoms with Gasteiger partial charge in [-0.15, -0.1) is 0 Å². The molecular weight excluding hydrogens is 230 g/mol. The van der Waals surface area contributed by atoms with Gasteiger partial charge >= 0.3 is 5.97 Å². The Morgan fingerprint density at radius 2 is 2.11 bits per heavy atom. The third-order valence-corrected chi connectivity index (χ3v) is 3.31. The van der Waals surface area contributed by atoms with Crippen LogP contribution in [0.1, 0.15) is 42.6 Å². The van der Waals surface area contributed by atoms with Crippen LogP contribution in [-0.2, 0) is 4.74 Å². The number of esters is 1. The molecule has 2 rings (SSSR count). The van der Waals surface area contributed by atoms with E-state index in [-0.39, 0.29) is 0 Å². The third kappa shape index (κ3) is 3.45. The van der Waals surface area contributed by atoms with E-state index >= 15 is 0 Å². The van der Waals surface area contributed by atoms with Gasteiger partial charge in [0.2, 0.25) is 5.88 Å². The highest BCUT2D eigenvalue weighted by Gasteiger charge is 2.15. The maximum atomic E-state index is 11.3. The summed E-state index contributed by atoms with van der Waals surface area (Å²) in [5, 5.41) is 0. The van der Waals surface area contributed by atoms with Crippen molar-refractivity contribution in [3.8, 4) is 5.88 Å². The maximum Gasteiger partial charge on any atom is 0.356 e. The molecule has 0 saturated heterocycles. The van der Waals surface area contributed by atoms with Crippen molar-refractivity contribution in [3.63, 3.8) is 0 Å². The predicted molar refractivity (Wildman–Crippen MR) is 67.6 cm³/mol. The summed E-state index contributed by atoms with van der Waals surface area (Å²) in [6.45, 7) is 0.692. The van der Waals surface area contributed by atoms with Crippen LogP contribution < -0.4 is 4.74 Å². The molecule has 0 unspecified atom stereocenters. The summed E-state index contributed by atoms with van der Waals surface area (Å²) >= 11 is 0. The first-order valence-electron chi connectivity index (χ1n) is 6.48. The summed E-state index contributed by atoms with van der Waals surface area (Å²) in [6, 6.07) is 5.16. The maximum absolute atomic E-state index is 11.3. The van der Waals surface area contributed by atoms with Crippen LogP contribution in [0.2, 0.25) is 0 Å². The molecule has 0 aliphatic heterocycles. The highest BCUT2D eigenvalue weighted by molar-refractivity contribution is 5.87. The van der Waals surface area contributed by atoms with Gasteiger partial charge in [-0.05, 0) is 24.8 Å². The Morgan fingerprint density at radius 1 is 1.33 bits per heavy atom. The van der Waals surface area contributed by atoms with Gasteiger partial charge in [0, 0.05) is 6.07 Å². The van der Waals surface area contributed by atoms with E-state index in [1.807, 2.05) is 0 Å². The number of rotatable bonds is 4. The Balaban J connectivity index is 1.90.